The van der Waals surface area contributed by atoms with Crippen LogP contribution >= 0.6 is 0 Å². The van der Waals surface area contributed by atoms with Crippen LogP contribution in [0.1, 0.15) is 39.5 Å². The van der Waals surface area contributed by atoms with E-state index < -0.39 is 0 Å². The molecule has 1 fully saturated rings. The van der Waals surface area contributed by atoms with Crippen molar-refractivity contribution in [2.45, 2.75) is 51.6 Å². The fraction of sp³-hybridized carbons (Fsp3) is 0.857. The van der Waals surface area contributed by atoms with Crippen LogP contribution in [-0.4, -0.2) is 36.6 Å². The second-order valence-corrected chi connectivity index (χ2v) is 5.71. The van der Waals surface area contributed by atoms with E-state index in [2.05, 4.69) is 36.2 Å². The van der Waals surface area contributed by atoms with Crippen LogP contribution in [0.4, 0.5) is 0 Å². The lowest BCUT2D eigenvalue weighted by Crippen LogP contribution is -2.54. The molecule has 2 rings (SSSR count). The van der Waals surface area contributed by atoms with Crippen LogP contribution < -0.4 is 5.32 Å². The number of piperazine rings is 1. The highest BCUT2D eigenvalue weighted by Crippen LogP contribution is 2.20. The highest BCUT2D eigenvalue weighted by atomic mass is 15.2. The number of rotatable bonds is 3. The van der Waals surface area contributed by atoms with Gasteiger partial charge in [0, 0.05) is 31.7 Å². The van der Waals surface area contributed by atoms with Crippen molar-refractivity contribution in [3.8, 4) is 0 Å². The summed E-state index contributed by atoms with van der Waals surface area (Å²) >= 11 is 0. The van der Waals surface area contributed by atoms with Gasteiger partial charge in [0.25, 0.3) is 0 Å². The van der Waals surface area contributed by atoms with Gasteiger partial charge in [0.05, 0.1) is 0 Å². The van der Waals surface area contributed by atoms with Gasteiger partial charge in [-0.2, -0.15) is 0 Å². The summed E-state index contributed by atoms with van der Waals surface area (Å²) < 4.78 is 0. The number of hydrogen-bond donors (Lipinski definition) is 1. The van der Waals surface area contributed by atoms with Crippen LogP contribution in [0.3, 0.4) is 0 Å². The standard InChI is InChI=1S/C14H26N2/c1-12(2)10-13-11-16(9-8-15-13)14-6-4-3-5-7-14/h3-4,12-15H,5-11H2,1-2H3. The number of allylic oxidation sites excluding steroid dienone is 1. The molecule has 0 aromatic carbocycles. The Bertz CT molecular complexity index is 235. The average Bonchev–Trinajstić information content (AvgIpc) is 2.30. The molecular weight excluding hydrogens is 196 g/mol. The molecule has 16 heavy (non-hydrogen) atoms. The molecule has 0 aromatic rings. The normalized spacial score (nSPS) is 32.2. The van der Waals surface area contributed by atoms with Gasteiger partial charge in [-0.05, 0) is 31.6 Å². The highest BCUT2D eigenvalue weighted by Gasteiger charge is 2.25. The topological polar surface area (TPSA) is 15.3 Å². The fourth-order valence-corrected chi connectivity index (χ4v) is 3.02. The van der Waals surface area contributed by atoms with E-state index >= 15 is 0 Å². The molecule has 0 aromatic heterocycles. The predicted molar refractivity (Wildman–Crippen MR) is 69.6 cm³/mol. The monoisotopic (exact) mass is 222 g/mol. The summed E-state index contributed by atoms with van der Waals surface area (Å²) in [6.45, 7) is 8.33. The molecule has 0 bridgehead atoms. The average molecular weight is 222 g/mol. The van der Waals surface area contributed by atoms with E-state index in [4.69, 9.17) is 0 Å². The molecule has 0 spiro atoms. The first-order valence-electron chi connectivity index (χ1n) is 6.88. The van der Waals surface area contributed by atoms with Crippen molar-refractivity contribution in [3.05, 3.63) is 12.2 Å². The van der Waals surface area contributed by atoms with E-state index in [1.165, 1.54) is 45.3 Å². The summed E-state index contributed by atoms with van der Waals surface area (Å²) in [6, 6.07) is 1.54. The molecule has 1 aliphatic heterocycles. The Morgan fingerprint density at radius 1 is 1.38 bits per heavy atom. The summed E-state index contributed by atoms with van der Waals surface area (Å²) in [6.07, 6.45) is 9.94. The predicted octanol–water partition coefficient (Wildman–Crippen LogP) is 2.42. The minimum Gasteiger partial charge on any atom is -0.311 e. The Kier molecular flexibility index (Phi) is 4.42. The van der Waals surface area contributed by atoms with Gasteiger partial charge in [-0.1, -0.05) is 26.0 Å². The molecule has 2 heteroatoms. The maximum Gasteiger partial charge on any atom is 0.0198 e. The Hall–Kier alpha value is -0.340. The molecule has 2 unspecified atom stereocenters. The zero-order valence-electron chi connectivity index (χ0n) is 10.8. The van der Waals surface area contributed by atoms with Crippen molar-refractivity contribution >= 4 is 0 Å². The Labute approximate surface area is 100 Å². The van der Waals surface area contributed by atoms with Crippen molar-refractivity contribution in [1.29, 1.82) is 0 Å². The Morgan fingerprint density at radius 2 is 2.25 bits per heavy atom. The summed E-state index contributed by atoms with van der Waals surface area (Å²) in [5.41, 5.74) is 0. The van der Waals surface area contributed by atoms with Gasteiger partial charge in [0.15, 0.2) is 0 Å². The molecule has 0 saturated carbocycles. The van der Waals surface area contributed by atoms with Crippen molar-refractivity contribution in [1.82, 2.24) is 10.2 Å². The quantitative estimate of drug-likeness (QED) is 0.738. The smallest absolute Gasteiger partial charge is 0.0198 e. The van der Waals surface area contributed by atoms with Crippen molar-refractivity contribution in [3.63, 3.8) is 0 Å². The molecule has 1 aliphatic carbocycles. The van der Waals surface area contributed by atoms with Crippen LogP contribution in [0.25, 0.3) is 0 Å². The first kappa shape index (κ1) is 12.1. The van der Waals surface area contributed by atoms with Gasteiger partial charge < -0.3 is 5.32 Å². The lowest BCUT2D eigenvalue weighted by molar-refractivity contribution is 0.127. The second kappa shape index (κ2) is 5.83. The maximum absolute atomic E-state index is 3.66. The van der Waals surface area contributed by atoms with Crippen LogP contribution in [-0.2, 0) is 0 Å². The van der Waals surface area contributed by atoms with E-state index in [1.807, 2.05) is 0 Å². The van der Waals surface area contributed by atoms with Gasteiger partial charge in [0.2, 0.25) is 0 Å². The van der Waals surface area contributed by atoms with Gasteiger partial charge in [0.1, 0.15) is 0 Å². The first-order valence-corrected chi connectivity index (χ1v) is 6.88. The number of nitrogens with one attached hydrogen (secondary N) is 1. The van der Waals surface area contributed by atoms with Crippen LogP contribution in [0, 0.1) is 5.92 Å². The van der Waals surface area contributed by atoms with Gasteiger partial charge in [-0.3, -0.25) is 4.90 Å². The van der Waals surface area contributed by atoms with Gasteiger partial charge in [-0.25, -0.2) is 0 Å². The van der Waals surface area contributed by atoms with E-state index in [0.717, 1.165) is 18.0 Å². The third-order valence-corrected chi connectivity index (χ3v) is 3.80. The number of nitrogens with zero attached hydrogens (tertiary/aromatic N) is 1. The zero-order chi connectivity index (χ0) is 11.4. The first-order chi connectivity index (χ1) is 7.75. The molecule has 2 atom stereocenters. The van der Waals surface area contributed by atoms with Gasteiger partial charge in [-0.15, -0.1) is 0 Å². The lowest BCUT2D eigenvalue weighted by Gasteiger charge is -2.40. The number of hydrogen-bond acceptors (Lipinski definition) is 2. The van der Waals surface area contributed by atoms with Crippen molar-refractivity contribution in [2.24, 2.45) is 5.92 Å². The molecule has 2 aliphatic rings. The highest BCUT2D eigenvalue weighted by molar-refractivity contribution is 4.95. The summed E-state index contributed by atoms with van der Waals surface area (Å²) in [7, 11) is 0. The third kappa shape index (κ3) is 3.33. The van der Waals surface area contributed by atoms with Crippen molar-refractivity contribution in [2.75, 3.05) is 19.6 Å². The summed E-state index contributed by atoms with van der Waals surface area (Å²) in [4.78, 5) is 2.72. The maximum atomic E-state index is 3.66. The van der Waals surface area contributed by atoms with E-state index in [1.54, 1.807) is 0 Å². The zero-order valence-corrected chi connectivity index (χ0v) is 10.8. The molecular formula is C14H26N2. The summed E-state index contributed by atoms with van der Waals surface area (Å²) in [5.74, 6) is 0.809. The molecule has 0 radical (unpaired) electrons. The molecule has 1 saturated heterocycles. The molecule has 0 amide bonds. The van der Waals surface area contributed by atoms with Crippen molar-refractivity contribution < 1.29 is 0 Å². The molecule has 1 heterocycles. The molecule has 1 N–H and O–H groups in total. The van der Waals surface area contributed by atoms with E-state index in [-0.39, 0.29) is 0 Å². The van der Waals surface area contributed by atoms with Crippen LogP contribution in [0.15, 0.2) is 12.2 Å². The fourth-order valence-electron chi connectivity index (χ4n) is 3.02. The molecule has 92 valence electrons. The second-order valence-electron chi connectivity index (χ2n) is 5.71. The minimum absolute atomic E-state index is 0.722. The van der Waals surface area contributed by atoms with Crippen LogP contribution in [0.5, 0.6) is 0 Å². The van der Waals surface area contributed by atoms with E-state index in [9.17, 15) is 0 Å². The van der Waals surface area contributed by atoms with Gasteiger partial charge >= 0.3 is 0 Å². The Morgan fingerprint density at radius 3 is 2.94 bits per heavy atom. The SMILES string of the molecule is CC(C)CC1CN(C2CC=CCC2)CCN1. The van der Waals surface area contributed by atoms with Crippen LogP contribution in [0.2, 0.25) is 0 Å². The van der Waals surface area contributed by atoms with E-state index in [0.29, 0.717) is 0 Å². The largest absolute Gasteiger partial charge is 0.311 e. The third-order valence-electron chi connectivity index (χ3n) is 3.80. The summed E-state index contributed by atoms with van der Waals surface area (Å²) in [5, 5.41) is 3.66. The molecule has 2 nitrogen and oxygen atoms in total. The Balaban J connectivity index is 1.83. The lowest BCUT2D eigenvalue weighted by atomic mass is 9.96. The minimum atomic E-state index is 0.722.